The summed E-state index contributed by atoms with van der Waals surface area (Å²) < 4.78 is 2.71. The highest BCUT2D eigenvalue weighted by atomic mass is 32.2. The van der Waals surface area contributed by atoms with Crippen molar-refractivity contribution in [2.75, 3.05) is 13.6 Å². The van der Waals surface area contributed by atoms with Gasteiger partial charge in [0.05, 0.1) is 5.55 Å². The quantitative estimate of drug-likeness (QED) is 0.487. The molecule has 0 saturated carbocycles. The normalized spacial score (nSPS) is 20.0. The minimum atomic E-state index is -0.326. The van der Waals surface area contributed by atoms with Gasteiger partial charge in [-0.15, -0.1) is 0 Å². The zero-order valence-electron chi connectivity index (χ0n) is 12.1. The van der Waals surface area contributed by atoms with Gasteiger partial charge in [-0.25, -0.2) is 0 Å². The van der Waals surface area contributed by atoms with E-state index >= 15 is 0 Å². The Morgan fingerprint density at radius 3 is 2.74 bits per heavy atom. The van der Waals surface area contributed by atoms with Crippen molar-refractivity contribution in [1.29, 1.82) is 0 Å². The molecule has 108 valence electrons. The van der Waals surface area contributed by atoms with Crippen LogP contribution in [0.25, 0.3) is 0 Å². The highest BCUT2D eigenvalue weighted by molar-refractivity contribution is 8.10. The summed E-state index contributed by atoms with van der Waals surface area (Å²) >= 11 is 1.15. The molecule has 5 nitrogen and oxygen atoms in total. The number of carbonyl (C=O) groups is 2. The largest absolute Gasteiger partial charge is 0.331 e. The average Bonchev–Trinajstić information content (AvgIpc) is 2.75. The summed E-state index contributed by atoms with van der Waals surface area (Å²) in [6.45, 7) is 6.77. The summed E-state index contributed by atoms with van der Waals surface area (Å²) in [6, 6.07) is -0.326. The van der Waals surface area contributed by atoms with Gasteiger partial charge in [-0.2, -0.15) is 0 Å². The predicted octanol–water partition coefficient (Wildman–Crippen LogP) is 1.84. The molecule has 0 aromatic rings. The van der Waals surface area contributed by atoms with E-state index in [4.69, 9.17) is 0 Å². The van der Waals surface area contributed by atoms with E-state index in [-0.39, 0.29) is 23.3 Å². The fraction of sp³-hybridized carbons (Fsp3) is 0.769. The maximum absolute atomic E-state index is 12.2. The molecule has 1 N–H and O–H groups in total. The van der Waals surface area contributed by atoms with E-state index in [0.29, 0.717) is 13.0 Å². The molecule has 6 heteroatoms. The Morgan fingerprint density at radius 1 is 1.47 bits per heavy atom. The zero-order valence-corrected chi connectivity index (χ0v) is 12.9. The van der Waals surface area contributed by atoms with E-state index in [0.717, 1.165) is 24.8 Å². The second-order valence-electron chi connectivity index (χ2n) is 5.93. The smallest absolute Gasteiger partial charge is 0.252 e. The number of nitrogens with zero attached hydrogens (tertiary/aromatic N) is 2. The maximum atomic E-state index is 12.2. The molecule has 1 aliphatic rings. The van der Waals surface area contributed by atoms with Crippen LogP contribution in [0.1, 0.15) is 40.0 Å². The average molecular weight is 285 g/mol. The van der Waals surface area contributed by atoms with Gasteiger partial charge in [-0.3, -0.25) is 19.3 Å². The SMILES string of the molecule is C/N=C\SNC(=O)C1CCCN1C(=O)CC(C)(C)C. The number of likely N-dealkylation sites (tertiary alicyclic amines) is 1. The Kier molecular flexibility index (Phi) is 5.85. The summed E-state index contributed by atoms with van der Waals surface area (Å²) in [5.74, 6) is -0.0380. The van der Waals surface area contributed by atoms with Crippen LogP contribution in [0.5, 0.6) is 0 Å². The van der Waals surface area contributed by atoms with E-state index in [2.05, 4.69) is 9.71 Å². The molecule has 1 aliphatic heterocycles. The van der Waals surface area contributed by atoms with Crippen molar-refractivity contribution in [3.05, 3.63) is 0 Å². The first-order chi connectivity index (χ1) is 8.85. The molecule has 1 fully saturated rings. The molecule has 0 aromatic heterocycles. The van der Waals surface area contributed by atoms with E-state index in [1.807, 2.05) is 20.8 Å². The van der Waals surface area contributed by atoms with Crippen LogP contribution in [0.4, 0.5) is 0 Å². The van der Waals surface area contributed by atoms with Crippen molar-refractivity contribution in [3.63, 3.8) is 0 Å². The van der Waals surface area contributed by atoms with Crippen molar-refractivity contribution in [2.24, 2.45) is 10.4 Å². The summed E-state index contributed by atoms with van der Waals surface area (Å²) in [5.41, 5.74) is 1.51. The van der Waals surface area contributed by atoms with Gasteiger partial charge in [-0.05, 0) is 30.2 Å². The van der Waals surface area contributed by atoms with Gasteiger partial charge in [0.1, 0.15) is 6.04 Å². The molecule has 0 aromatic carbocycles. The van der Waals surface area contributed by atoms with Crippen LogP contribution in [0, 0.1) is 5.41 Å². The van der Waals surface area contributed by atoms with Crippen molar-refractivity contribution in [1.82, 2.24) is 9.62 Å². The third kappa shape index (κ3) is 5.22. The van der Waals surface area contributed by atoms with Gasteiger partial charge < -0.3 is 4.90 Å². The van der Waals surface area contributed by atoms with Crippen LogP contribution >= 0.6 is 11.9 Å². The standard InChI is InChI=1S/C13H23N3O2S/c1-13(2,3)8-11(17)16-7-5-6-10(16)12(18)15-19-9-14-4/h9-10H,5-8H2,1-4H3,(H,15,18)/b14-9-. The Labute approximate surface area is 119 Å². The third-order valence-corrected chi connectivity index (χ3v) is 3.51. The summed E-state index contributed by atoms with van der Waals surface area (Å²) in [4.78, 5) is 29.7. The Morgan fingerprint density at radius 2 is 2.16 bits per heavy atom. The van der Waals surface area contributed by atoms with Gasteiger partial charge in [0.2, 0.25) is 5.91 Å². The number of amides is 2. The van der Waals surface area contributed by atoms with Crippen LogP contribution in [0.15, 0.2) is 4.99 Å². The topological polar surface area (TPSA) is 61.8 Å². The molecule has 1 unspecified atom stereocenters. The minimum Gasteiger partial charge on any atom is -0.331 e. The molecule has 1 atom stereocenters. The summed E-state index contributed by atoms with van der Waals surface area (Å²) in [5, 5.41) is 0. The van der Waals surface area contributed by atoms with Crippen LogP contribution < -0.4 is 4.72 Å². The molecule has 19 heavy (non-hydrogen) atoms. The van der Waals surface area contributed by atoms with Crippen LogP contribution in [-0.4, -0.2) is 41.9 Å². The van der Waals surface area contributed by atoms with Gasteiger partial charge in [-0.1, -0.05) is 20.8 Å². The summed E-state index contributed by atoms with van der Waals surface area (Å²) in [7, 11) is 1.65. The second-order valence-corrected chi connectivity index (χ2v) is 6.58. The van der Waals surface area contributed by atoms with Crippen molar-refractivity contribution in [2.45, 2.75) is 46.1 Å². The maximum Gasteiger partial charge on any atom is 0.252 e. The number of rotatable bonds is 4. The minimum absolute atomic E-state index is 0.0513. The van der Waals surface area contributed by atoms with Gasteiger partial charge in [0, 0.05) is 20.0 Å². The second kappa shape index (κ2) is 6.93. The van der Waals surface area contributed by atoms with E-state index in [1.165, 1.54) is 0 Å². The molecule has 0 aliphatic carbocycles. The van der Waals surface area contributed by atoms with Gasteiger partial charge in [0.15, 0.2) is 0 Å². The molecule has 1 saturated heterocycles. The van der Waals surface area contributed by atoms with Gasteiger partial charge in [0.25, 0.3) is 5.91 Å². The van der Waals surface area contributed by atoms with Crippen molar-refractivity contribution in [3.8, 4) is 0 Å². The van der Waals surface area contributed by atoms with E-state index in [1.54, 1.807) is 17.5 Å². The molecular weight excluding hydrogens is 262 g/mol. The first kappa shape index (κ1) is 16.0. The molecule has 1 rings (SSSR count). The number of hydrogen-bond acceptors (Lipinski definition) is 4. The molecular formula is C13H23N3O2S. The van der Waals surface area contributed by atoms with Gasteiger partial charge >= 0.3 is 0 Å². The predicted molar refractivity (Wildman–Crippen MR) is 79.0 cm³/mol. The van der Waals surface area contributed by atoms with E-state index < -0.39 is 0 Å². The molecule has 0 bridgehead atoms. The lowest BCUT2D eigenvalue weighted by Gasteiger charge is -2.27. The number of hydrogen-bond donors (Lipinski definition) is 1. The fourth-order valence-electron chi connectivity index (χ4n) is 2.10. The van der Waals surface area contributed by atoms with Crippen molar-refractivity contribution >= 4 is 29.3 Å². The van der Waals surface area contributed by atoms with Crippen LogP contribution in [-0.2, 0) is 9.59 Å². The molecule has 0 spiro atoms. The number of nitrogens with one attached hydrogen (secondary N) is 1. The fourth-order valence-corrected chi connectivity index (χ4v) is 2.51. The first-order valence-electron chi connectivity index (χ1n) is 6.51. The molecule has 0 radical (unpaired) electrons. The van der Waals surface area contributed by atoms with Crippen LogP contribution in [0.3, 0.4) is 0 Å². The summed E-state index contributed by atoms with van der Waals surface area (Å²) in [6.07, 6.45) is 2.10. The highest BCUT2D eigenvalue weighted by Crippen LogP contribution is 2.25. The number of aliphatic imine (C=N–C) groups is 1. The Balaban J connectivity index is 2.58. The third-order valence-electron chi connectivity index (χ3n) is 2.87. The Hall–Kier alpha value is -1.04. The lowest BCUT2D eigenvalue weighted by Crippen LogP contribution is -2.45. The molecule has 1 heterocycles. The van der Waals surface area contributed by atoms with Crippen LogP contribution in [0.2, 0.25) is 0 Å². The Bertz CT molecular complexity index is 363. The van der Waals surface area contributed by atoms with Crippen molar-refractivity contribution < 1.29 is 9.59 Å². The van der Waals surface area contributed by atoms with E-state index in [9.17, 15) is 9.59 Å². The first-order valence-corrected chi connectivity index (χ1v) is 7.39. The zero-order chi connectivity index (χ0) is 14.5. The lowest BCUT2D eigenvalue weighted by molar-refractivity contribution is -0.139. The lowest BCUT2D eigenvalue weighted by atomic mass is 9.91. The monoisotopic (exact) mass is 285 g/mol. The highest BCUT2D eigenvalue weighted by Gasteiger charge is 2.35. The number of carbonyl (C=O) groups excluding carboxylic acids is 2. The molecule has 2 amide bonds.